The summed E-state index contributed by atoms with van der Waals surface area (Å²) in [5.41, 5.74) is 0.546. The molecule has 6 nitrogen and oxygen atoms in total. The van der Waals surface area contributed by atoms with Crippen LogP contribution in [0.3, 0.4) is 0 Å². The number of hydrogen-bond donors (Lipinski definition) is 1. The van der Waals surface area contributed by atoms with E-state index in [1.165, 1.54) is 43.3 Å². The largest absolute Gasteiger partial charge is 0.508 e. The number of hydrogen-bond acceptors (Lipinski definition) is 5. The Labute approximate surface area is 121 Å². The topological polar surface area (TPSA) is 97.5 Å². The number of rotatable bonds is 4. The molecule has 0 heterocycles. The van der Waals surface area contributed by atoms with Gasteiger partial charge in [0.2, 0.25) is 0 Å². The van der Waals surface area contributed by atoms with E-state index in [0.717, 1.165) is 6.07 Å². The summed E-state index contributed by atoms with van der Waals surface area (Å²) in [6.07, 6.45) is 0. The molecule has 0 fully saturated rings. The van der Waals surface area contributed by atoms with E-state index in [2.05, 4.69) is 0 Å². The number of benzene rings is 2. The molecule has 7 heteroatoms. The molecule has 0 spiro atoms. The van der Waals surface area contributed by atoms with E-state index in [4.69, 9.17) is 0 Å². The monoisotopic (exact) mass is 307 g/mol. The summed E-state index contributed by atoms with van der Waals surface area (Å²) in [5, 5.41) is 20.4. The van der Waals surface area contributed by atoms with Crippen LogP contribution in [-0.2, 0) is 9.84 Å². The van der Waals surface area contributed by atoms with Crippen LogP contribution in [0.5, 0.6) is 5.75 Å². The lowest BCUT2D eigenvalue weighted by Gasteiger charge is -2.06. The summed E-state index contributed by atoms with van der Waals surface area (Å²) in [7, 11) is -3.50. The predicted molar refractivity (Wildman–Crippen MR) is 77.9 cm³/mol. The van der Waals surface area contributed by atoms with E-state index in [0.29, 0.717) is 11.1 Å². The molecule has 2 rings (SSSR count). The van der Waals surface area contributed by atoms with Crippen molar-refractivity contribution in [1.82, 2.24) is 0 Å². The smallest absolute Gasteiger partial charge is 0.278 e. The Kier molecular flexibility index (Phi) is 3.95. The maximum absolute atomic E-state index is 11.8. The minimum Gasteiger partial charge on any atom is -0.508 e. The molecule has 0 aliphatic rings. The summed E-state index contributed by atoms with van der Waals surface area (Å²) in [5.74, 6) is -0.0745. The molecular formula is C14H13NO5S. The summed E-state index contributed by atoms with van der Waals surface area (Å²) in [6, 6.07) is 9.73. The Bertz CT molecular complexity index is 782. The molecular weight excluding hydrogens is 294 g/mol. The van der Waals surface area contributed by atoms with Gasteiger partial charge in [0.25, 0.3) is 5.69 Å². The lowest BCUT2D eigenvalue weighted by molar-refractivity contribution is -0.384. The summed E-state index contributed by atoms with van der Waals surface area (Å²) in [4.78, 5) is 10.5. The molecule has 0 amide bonds. The summed E-state index contributed by atoms with van der Waals surface area (Å²) >= 11 is 0. The van der Waals surface area contributed by atoms with Crippen LogP contribution in [0, 0.1) is 10.1 Å². The van der Waals surface area contributed by atoms with E-state index in [9.17, 15) is 23.6 Å². The van der Waals surface area contributed by atoms with Gasteiger partial charge in [0.15, 0.2) is 9.84 Å². The average molecular weight is 307 g/mol. The SMILES string of the molecule is CCS(=O)(=O)c1ccc(-c2ccc(O)cc2)c([N+](=O)[O-])c1. The molecule has 0 radical (unpaired) electrons. The second-order valence-electron chi connectivity index (χ2n) is 4.39. The fourth-order valence-corrected chi connectivity index (χ4v) is 2.81. The van der Waals surface area contributed by atoms with E-state index >= 15 is 0 Å². The van der Waals surface area contributed by atoms with Crippen LogP contribution in [0.4, 0.5) is 5.69 Å². The van der Waals surface area contributed by atoms with Crippen LogP contribution in [0.15, 0.2) is 47.4 Å². The van der Waals surface area contributed by atoms with Gasteiger partial charge < -0.3 is 5.11 Å². The first-order chi connectivity index (χ1) is 9.85. The molecule has 2 aromatic carbocycles. The lowest BCUT2D eigenvalue weighted by Crippen LogP contribution is -2.04. The van der Waals surface area contributed by atoms with Gasteiger partial charge in [-0.25, -0.2) is 8.42 Å². The Balaban J connectivity index is 2.63. The highest BCUT2D eigenvalue weighted by Crippen LogP contribution is 2.33. The van der Waals surface area contributed by atoms with E-state index < -0.39 is 14.8 Å². The molecule has 21 heavy (non-hydrogen) atoms. The van der Waals surface area contributed by atoms with Crippen LogP contribution in [0.1, 0.15) is 6.92 Å². The first-order valence-electron chi connectivity index (χ1n) is 6.16. The van der Waals surface area contributed by atoms with Crippen molar-refractivity contribution in [3.8, 4) is 16.9 Å². The van der Waals surface area contributed by atoms with Crippen LogP contribution in [0.25, 0.3) is 11.1 Å². The quantitative estimate of drug-likeness (QED) is 0.692. The number of phenolic OH excluding ortho intramolecular Hbond substituents is 1. The third-order valence-corrected chi connectivity index (χ3v) is 4.82. The zero-order valence-electron chi connectivity index (χ0n) is 11.2. The Morgan fingerprint density at radius 2 is 1.76 bits per heavy atom. The molecule has 0 atom stereocenters. The Morgan fingerprint density at radius 3 is 2.29 bits per heavy atom. The molecule has 0 saturated carbocycles. The summed E-state index contributed by atoms with van der Waals surface area (Å²) < 4.78 is 23.6. The molecule has 0 unspecified atom stereocenters. The molecule has 1 N–H and O–H groups in total. The molecule has 0 saturated heterocycles. The van der Waals surface area contributed by atoms with Crippen molar-refractivity contribution in [3.63, 3.8) is 0 Å². The van der Waals surface area contributed by atoms with Gasteiger partial charge >= 0.3 is 0 Å². The summed E-state index contributed by atoms with van der Waals surface area (Å²) in [6.45, 7) is 1.48. The normalized spacial score (nSPS) is 11.3. The standard InChI is InChI=1S/C14H13NO5S/c1-2-21(19,20)12-7-8-13(14(9-12)15(17)18)10-3-5-11(16)6-4-10/h3-9,16H,2H2,1H3. The maximum atomic E-state index is 11.8. The molecule has 2 aromatic rings. The van der Waals surface area contributed by atoms with Crippen molar-refractivity contribution in [3.05, 3.63) is 52.6 Å². The fraction of sp³-hybridized carbons (Fsp3) is 0.143. The maximum Gasteiger partial charge on any atom is 0.278 e. The van der Waals surface area contributed by atoms with Gasteiger partial charge in [0.05, 0.1) is 21.1 Å². The fourth-order valence-electron chi connectivity index (χ4n) is 1.91. The van der Waals surface area contributed by atoms with Crippen molar-refractivity contribution in [1.29, 1.82) is 0 Å². The van der Waals surface area contributed by atoms with Crippen molar-refractivity contribution >= 4 is 15.5 Å². The number of nitro benzene ring substituents is 1. The zero-order chi connectivity index (χ0) is 15.6. The third kappa shape index (κ3) is 3.03. The van der Waals surface area contributed by atoms with Gasteiger partial charge in [-0.05, 0) is 29.8 Å². The highest BCUT2D eigenvalue weighted by molar-refractivity contribution is 7.91. The number of sulfone groups is 1. The Hall–Kier alpha value is -2.41. The van der Waals surface area contributed by atoms with E-state index in [1.807, 2.05) is 0 Å². The van der Waals surface area contributed by atoms with Gasteiger partial charge in [-0.2, -0.15) is 0 Å². The van der Waals surface area contributed by atoms with Crippen molar-refractivity contribution in [2.45, 2.75) is 11.8 Å². The molecule has 110 valence electrons. The second-order valence-corrected chi connectivity index (χ2v) is 6.66. The second kappa shape index (κ2) is 5.53. The minimum absolute atomic E-state index is 0.0478. The van der Waals surface area contributed by atoms with Crippen LogP contribution in [0.2, 0.25) is 0 Å². The number of phenols is 1. The van der Waals surface area contributed by atoms with E-state index in [1.54, 1.807) is 0 Å². The minimum atomic E-state index is -3.50. The first-order valence-corrected chi connectivity index (χ1v) is 7.81. The van der Waals surface area contributed by atoms with Gasteiger partial charge in [0.1, 0.15) is 5.75 Å². The third-order valence-electron chi connectivity index (χ3n) is 3.08. The molecule has 0 aliphatic carbocycles. The van der Waals surface area contributed by atoms with Gasteiger partial charge in [0, 0.05) is 6.07 Å². The molecule has 0 aliphatic heterocycles. The highest BCUT2D eigenvalue weighted by Gasteiger charge is 2.21. The first kappa shape index (κ1) is 15.0. The van der Waals surface area contributed by atoms with Gasteiger partial charge in [-0.1, -0.05) is 19.1 Å². The lowest BCUT2D eigenvalue weighted by atomic mass is 10.0. The number of nitro groups is 1. The Morgan fingerprint density at radius 1 is 1.14 bits per heavy atom. The van der Waals surface area contributed by atoms with Crippen LogP contribution >= 0.6 is 0 Å². The van der Waals surface area contributed by atoms with Crippen molar-refractivity contribution in [2.75, 3.05) is 5.75 Å². The predicted octanol–water partition coefficient (Wildman–Crippen LogP) is 2.76. The van der Waals surface area contributed by atoms with Gasteiger partial charge in [-0.15, -0.1) is 0 Å². The van der Waals surface area contributed by atoms with Crippen LogP contribution in [-0.4, -0.2) is 24.2 Å². The molecule has 0 bridgehead atoms. The average Bonchev–Trinajstić information content (AvgIpc) is 2.47. The van der Waals surface area contributed by atoms with Crippen molar-refractivity contribution in [2.24, 2.45) is 0 Å². The zero-order valence-corrected chi connectivity index (χ0v) is 12.0. The number of aromatic hydroxyl groups is 1. The van der Waals surface area contributed by atoms with Crippen molar-refractivity contribution < 1.29 is 18.4 Å². The highest BCUT2D eigenvalue weighted by atomic mass is 32.2. The molecule has 0 aromatic heterocycles. The van der Waals surface area contributed by atoms with Crippen LogP contribution < -0.4 is 0 Å². The van der Waals surface area contributed by atoms with Gasteiger partial charge in [-0.3, -0.25) is 10.1 Å². The number of nitrogens with zero attached hydrogens (tertiary/aromatic N) is 1. The van der Waals surface area contributed by atoms with E-state index in [-0.39, 0.29) is 22.1 Å².